The number of rotatable bonds is 3. The van der Waals surface area contributed by atoms with Crippen molar-refractivity contribution < 1.29 is 5.11 Å². The van der Waals surface area contributed by atoms with E-state index in [0.717, 1.165) is 25.7 Å². The molecule has 0 spiro atoms. The minimum Gasteiger partial charge on any atom is -0.393 e. The van der Waals surface area contributed by atoms with Crippen molar-refractivity contribution >= 4 is 0 Å². The summed E-state index contributed by atoms with van der Waals surface area (Å²) in [6.07, 6.45) is 6.11. The third-order valence-corrected chi connectivity index (χ3v) is 3.59. The van der Waals surface area contributed by atoms with Crippen molar-refractivity contribution in [1.29, 1.82) is 0 Å². The Balaban J connectivity index is 2.46. The SMILES string of the molecule is CCCC(C)C1(N)CCC(O)CC1. The van der Waals surface area contributed by atoms with Gasteiger partial charge < -0.3 is 10.8 Å². The van der Waals surface area contributed by atoms with Gasteiger partial charge in [0.15, 0.2) is 0 Å². The van der Waals surface area contributed by atoms with Crippen LogP contribution in [0.3, 0.4) is 0 Å². The van der Waals surface area contributed by atoms with E-state index in [4.69, 9.17) is 5.73 Å². The molecule has 0 aromatic carbocycles. The number of nitrogens with two attached hydrogens (primary N) is 1. The highest BCUT2D eigenvalue weighted by Gasteiger charge is 2.35. The molecule has 1 aliphatic carbocycles. The van der Waals surface area contributed by atoms with Gasteiger partial charge >= 0.3 is 0 Å². The van der Waals surface area contributed by atoms with E-state index in [1.807, 2.05) is 0 Å². The predicted octanol–water partition coefficient (Wildman–Crippen LogP) is 2.05. The van der Waals surface area contributed by atoms with Gasteiger partial charge in [0, 0.05) is 5.54 Å². The second-order valence-electron chi connectivity index (χ2n) is 4.65. The van der Waals surface area contributed by atoms with Gasteiger partial charge in [0.1, 0.15) is 0 Å². The summed E-state index contributed by atoms with van der Waals surface area (Å²) in [5.74, 6) is 0.602. The molecule has 3 N–H and O–H groups in total. The Morgan fingerprint density at radius 2 is 2.00 bits per heavy atom. The predicted molar refractivity (Wildman–Crippen MR) is 55.5 cm³/mol. The molecule has 0 saturated heterocycles. The fourth-order valence-electron chi connectivity index (χ4n) is 2.35. The molecule has 0 heterocycles. The van der Waals surface area contributed by atoms with Gasteiger partial charge in [-0.25, -0.2) is 0 Å². The average Bonchev–Trinajstić information content (AvgIpc) is 2.11. The van der Waals surface area contributed by atoms with Gasteiger partial charge in [-0.15, -0.1) is 0 Å². The molecule has 13 heavy (non-hydrogen) atoms. The molecule has 1 rings (SSSR count). The molecule has 1 atom stereocenters. The highest BCUT2D eigenvalue weighted by atomic mass is 16.3. The summed E-state index contributed by atoms with van der Waals surface area (Å²) < 4.78 is 0. The molecule has 1 unspecified atom stereocenters. The zero-order valence-electron chi connectivity index (χ0n) is 8.92. The second kappa shape index (κ2) is 4.43. The van der Waals surface area contributed by atoms with Crippen LogP contribution in [-0.4, -0.2) is 16.7 Å². The van der Waals surface area contributed by atoms with E-state index in [1.54, 1.807) is 0 Å². The molecule has 1 fully saturated rings. The van der Waals surface area contributed by atoms with Gasteiger partial charge in [-0.2, -0.15) is 0 Å². The molecule has 1 saturated carbocycles. The molecule has 1 aliphatic rings. The summed E-state index contributed by atoms with van der Waals surface area (Å²) in [7, 11) is 0. The fraction of sp³-hybridized carbons (Fsp3) is 1.00. The van der Waals surface area contributed by atoms with Crippen LogP contribution in [0.5, 0.6) is 0 Å². The first-order valence-electron chi connectivity index (χ1n) is 5.55. The Morgan fingerprint density at radius 1 is 1.46 bits per heavy atom. The maximum atomic E-state index is 9.40. The first-order chi connectivity index (χ1) is 6.08. The Hall–Kier alpha value is -0.0800. The van der Waals surface area contributed by atoms with E-state index < -0.39 is 0 Å². The lowest BCUT2D eigenvalue weighted by molar-refractivity contribution is 0.0759. The summed E-state index contributed by atoms with van der Waals surface area (Å²) >= 11 is 0. The number of hydrogen-bond acceptors (Lipinski definition) is 2. The molecule has 0 aromatic heterocycles. The van der Waals surface area contributed by atoms with Crippen LogP contribution in [0.4, 0.5) is 0 Å². The quantitative estimate of drug-likeness (QED) is 0.707. The first-order valence-corrected chi connectivity index (χ1v) is 5.55. The van der Waals surface area contributed by atoms with Crippen molar-refractivity contribution in [2.24, 2.45) is 11.7 Å². The molecule has 2 heteroatoms. The molecular formula is C11H23NO. The highest BCUT2D eigenvalue weighted by molar-refractivity contribution is 4.93. The average molecular weight is 185 g/mol. The van der Waals surface area contributed by atoms with Gasteiger partial charge in [-0.05, 0) is 38.0 Å². The summed E-state index contributed by atoms with van der Waals surface area (Å²) in [6.45, 7) is 4.46. The van der Waals surface area contributed by atoms with Crippen LogP contribution >= 0.6 is 0 Å². The van der Waals surface area contributed by atoms with Crippen LogP contribution in [0.15, 0.2) is 0 Å². The van der Waals surface area contributed by atoms with Gasteiger partial charge in [0.05, 0.1) is 6.10 Å². The summed E-state index contributed by atoms with van der Waals surface area (Å²) in [6, 6.07) is 0. The minimum atomic E-state index is -0.0921. The zero-order valence-corrected chi connectivity index (χ0v) is 8.92. The van der Waals surface area contributed by atoms with Crippen LogP contribution in [0.2, 0.25) is 0 Å². The monoisotopic (exact) mass is 185 g/mol. The first kappa shape index (κ1) is 11.0. The Kier molecular flexibility index (Phi) is 3.74. The molecule has 0 bridgehead atoms. The lowest BCUT2D eigenvalue weighted by Gasteiger charge is -2.40. The van der Waals surface area contributed by atoms with E-state index in [0.29, 0.717) is 5.92 Å². The Morgan fingerprint density at radius 3 is 2.46 bits per heavy atom. The van der Waals surface area contributed by atoms with Crippen molar-refractivity contribution in [3.8, 4) is 0 Å². The topological polar surface area (TPSA) is 46.2 Å². The Labute approximate surface area is 81.5 Å². The van der Waals surface area contributed by atoms with Crippen LogP contribution in [0, 0.1) is 5.92 Å². The van der Waals surface area contributed by atoms with Crippen molar-refractivity contribution in [2.75, 3.05) is 0 Å². The van der Waals surface area contributed by atoms with Crippen molar-refractivity contribution in [2.45, 2.75) is 64.0 Å². The molecule has 0 radical (unpaired) electrons. The van der Waals surface area contributed by atoms with Crippen LogP contribution in [0.25, 0.3) is 0 Å². The van der Waals surface area contributed by atoms with Crippen LogP contribution < -0.4 is 5.73 Å². The van der Waals surface area contributed by atoms with E-state index in [2.05, 4.69) is 13.8 Å². The summed E-state index contributed by atoms with van der Waals surface area (Å²) in [5.41, 5.74) is 6.35. The van der Waals surface area contributed by atoms with Gasteiger partial charge in [-0.3, -0.25) is 0 Å². The number of hydrogen-bond donors (Lipinski definition) is 2. The lowest BCUT2D eigenvalue weighted by atomic mass is 9.72. The van der Waals surface area contributed by atoms with Gasteiger partial charge in [0.25, 0.3) is 0 Å². The Bertz CT molecular complexity index is 150. The van der Waals surface area contributed by atoms with Gasteiger partial charge in [0.2, 0.25) is 0 Å². The molecule has 2 nitrogen and oxygen atoms in total. The van der Waals surface area contributed by atoms with Crippen LogP contribution in [0.1, 0.15) is 52.4 Å². The fourth-order valence-corrected chi connectivity index (χ4v) is 2.35. The highest BCUT2D eigenvalue weighted by Crippen LogP contribution is 2.34. The van der Waals surface area contributed by atoms with Crippen LogP contribution in [-0.2, 0) is 0 Å². The summed E-state index contributed by atoms with van der Waals surface area (Å²) in [5, 5.41) is 9.40. The second-order valence-corrected chi connectivity index (χ2v) is 4.65. The third-order valence-electron chi connectivity index (χ3n) is 3.59. The lowest BCUT2D eigenvalue weighted by Crippen LogP contribution is -2.49. The van der Waals surface area contributed by atoms with E-state index in [1.165, 1.54) is 12.8 Å². The van der Waals surface area contributed by atoms with Crippen molar-refractivity contribution in [3.63, 3.8) is 0 Å². The smallest absolute Gasteiger partial charge is 0.0541 e. The van der Waals surface area contributed by atoms with E-state index >= 15 is 0 Å². The standard InChI is InChI=1S/C11H23NO/c1-3-4-9(2)11(12)7-5-10(13)6-8-11/h9-10,13H,3-8,12H2,1-2H3. The van der Waals surface area contributed by atoms with E-state index in [9.17, 15) is 5.11 Å². The zero-order chi connectivity index (χ0) is 9.90. The third kappa shape index (κ3) is 2.68. The summed E-state index contributed by atoms with van der Waals surface area (Å²) in [4.78, 5) is 0. The van der Waals surface area contributed by atoms with Crippen molar-refractivity contribution in [1.82, 2.24) is 0 Å². The maximum absolute atomic E-state index is 9.40. The minimum absolute atomic E-state index is 0.00917. The van der Waals surface area contributed by atoms with E-state index in [-0.39, 0.29) is 11.6 Å². The number of aliphatic hydroxyl groups is 1. The molecule has 0 amide bonds. The molecular weight excluding hydrogens is 162 g/mol. The largest absolute Gasteiger partial charge is 0.393 e. The molecule has 0 aliphatic heterocycles. The van der Waals surface area contributed by atoms with Gasteiger partial charge in [-0.1, -0.05) is 20.3 Å². The van der Waals surface area contributed by atoms with Crippen molar-refractivity contribution in [3.05, 3.63) is 0 Å². The molecule has 0 aromatic rings. The maximum Gasteiger partial charge on any atom is 0.0541 e. The normalized spacial score (nSPS) is 37.4. The number of aliphatic hydroxyl groups excluding tert-OH is 1. The molecule has 78 valence electrons.